The smallest absolute Gasteiger partial charge is 0.331 e. The molecule has 0 unspecified atom stereocenters. The summed E-state index contributed by atoms with van der Waals surface area (Å²) in [5.74, 6) is 0.122. The minimum Gasteiger partial charge on any atom is -0.339 e. The summed E-state index contributed by atoms with van der Waals surface area (Å²) in [6.45, 7) is 8.23. The molecular weight excluding hydrogens is 498 g/mol. The van der Waals surface area contributed by atoms with Gasteiger partial charge < -0.3 is 4.90 Å². The zero-order chi connectivity index (χ0) is 28.2. The minimum atomic E-state index is -0.302. The highest BCUT2D eigenvalue weighted by Crippen LogP contribution is 2.23. The maximum Gasteiger partial charge on any atom is 0.331 e. The lowest BCUT2D eigenvalue weighted by Gasteiger charge is -2.27. The van der Waals surface area contributed by atoms with E-state index >= 15 is 0 Å². The van der Waals surface area contributed by atoms with Crippen molar-refractivity contribution in [1.82, 2.24) is 14.0 Å². The van der Waals surface area contributed by atoms with Crippen LogP contribution >= 0.6 is 0 Å². The molecule has 0 saturated heterocycles. The van der Waals surface area contributed by atoms with E-state index in [9.17, 15) is 14.4 Å². The van der Waals surface area contributed by atoms with Gasteiger partial charge in [-0.25, -0.2) is 4.79 Å². The van der Waals surface area contributed by atoms with E-state index in [2.05, 4.69) is 51.1 Å². The third kappa shape index (κ3) is 5.71. The molecule has 3 aromatic carbocycles. The first kappa shape index (κ1) is 27.4. The third-order valence-corrected chi connectivity index (χ3v) is 8.02. The number of amides is 1. The predicted molar refractivity (Wildman–Crippen MR) is 162 cm³/mol. The molecule has 1 aliphatic heterocycles. The fourth-order valence-electron chi connectivity index (χ4n) is 5.85. The number of carbonyl (C=O) groups is 1. The van der Waals surface area contributed by atoms with Crippen LogP contribution in [-0.2, 0) is 17.9 Å². The van der Waals surface area contributed by atoms with Crippen molar-refractivity contribution in [3.63, 3.8) is 0 Å². The molecule has 6 heteroatoms. The zero-order valence-corrected chi connectivity index (χ0v) is 23.7. The van der Waals surface area contributed by atoms with Crippen LogP contribution in [0.3, 0.4) is 0 Å². The lowest BCUT2D eigenvalue weighted by molar-refractivity contribution is -0.130. The van der Waals surface area contributed by atoms with E-state index in [4.69, 9.17) is 0 Å². The molecule has 0 radical (unpaired) electrons. The van der Waals surface area contributed by atoms with Gasteiger partial charge in [0.2, 0.25) is 5.91 Å². The second-order valence-corrected chi connectivity index (χ2v) is 10.9. The van der Waals surface area contributed by atoms with E-state index in [1.807, 2.05) is 41.3 Å². The lowest BCUT2D eigenvalue weighted by Crippen LogP contribution is -2.40. The van der Waals surface area contributed by atoms with E-state index < -0.39 is 0 Å². The molecule has 1 aliphatic rings. The van der Waals surface area contributed by atoms with Crippen molar-refractivity contribution >= 4 is 22.4 Å². The third-order valence-electron chi connectivity index (χ3n) is 8.02. The van der Waals surface area contributed by atoms with Crippen molar-refractivity contribution in [2.24, 2.45) is 0 Å². The Balaban J connectivity index is 1.28. The van der Waals surface area contributed by atoms with Gasteiger partial charge in [-0.05, 0) is 80.0 Å². The van der Waals surface area contributed by atoms with Crippen LogP contribution in [0.2, 0.25) is 0 Å². The molecule has 1 aromatic heterocycles. The maximum absolute atomic E-state index is 13.7. The predicted octanol–water partition coefficient (Wildman–Crippen LogP) is 5.62. The van der Waals surface area contributed by atoms with E-state index in [0.29, 0.717) is 56.3 Å². The van der Waals surface area contributed by atoms with Crippen LogP contribution in [0.25, 0.3) is 16.5 Å². The van der Waals surface area contributed by atoms with Gasteiger partial charge in [0.25, 0.3) is 5.56 Å². The first-order chi connectivity index (χ1) is 19.3. The highest BCUT2D eigenvalue weighted by molar-refractivity contribution is 5.79. The highest BCUT2D eigenvalue weighted by atomic mass is 16.2. The van der Waals surface area contributed by atoms with Crippen molar-refractivity contribution in [2.75, 3.05) is 13.1 Å². The average molecular weight is 536 g/mol. The molecule has 40 heavy (non-hydrogen) atoms. The van der Waals surface area contributed by atoms with Gasteiger partial charge in [0.15, 0.2) is 0 Å². The molecule has 5 rings (SSSR count). The van der Waals surface area contributed by atoms with Crippen molar-refractivity contribution in [3.05, 3.63) is 121 Å². The molecule has 2 heterocycles. The molecule has 0 fully saturated rings. The van der Waals surface area contributed by atoms with Gasteiger partial charge in [-0.1, -0.05) is 66.2 Å². The number of carbonyl (C=O) groups excluding carboxylic acids is 1. The number of nitrogens with zero attached hydrogens (tertiary/aromatic N) is 3. The molecule has 4 aromatic rings. The molecule has 0 N–H and O–H groups in total. The van der Waals surface area contributed by atoms with Gasteiger partial charge in [-0.3, -0.25) is 18.7 Å². The number of hydrogen-bond acceptors (Lipinski definition) is 3. The summed E-state index contributed by atoms with van der Waals surface area (Å²) >= 11 is 0. The Labute approximate surface area is 235 Å². The Kier molecular flexibility index (Phi) is 8.15. The summed E-state index contributed by atoms with van der Waals surface area (Å²) in [6.07, 6.45) is 4.61. The number of benzene rings is 3. The minimum absolute atomic E-state index is 0.122. The van der Waals surface area contributed by atoms with Gasteiger partial charge in [0.05, 0.1) is 17.4 Å². The average Bonchev–Trinajstić information content (AvgIpc) is 2.96. The molecule has 0 saturated carbocycles. The topological polar surface area (TPSA) is 64.3 Å². The zero-order valence-electron chi connectivity index (χ0n) is 23.7. The summed E-state index contributed by atoms with van der Waals surface area (Å²) in [4.78, 5) is 41.8. The van der Waals surface area contributed by atoms with Crippen molar-refractivity contribution in [1.29, 1.82) is 0 Å². The molecule has 0 spiro atoms. The molecule has 206 valence electrons. The van der Waals surface area contributed by atoms with Crippen LogP contribution in [0.5, 0.6) is 0 Å². The van der Waals surface area contributed by atoms with E-state index in [1.54, 1.807) is 10.6 Å². The normalized spacial score (nSPS) is 13.5. The summed E-state index contributed by atoms with van der Waals surface area (Å²) in [5, 5.41) is 0.537. The fourth-order valence-corrected chi connectivity index (χ4v) is 5.85. The van der Waals surface area contributed by atoms with Gasteiger partial charge in [0, 0.05) is 26.1 Å². The molecule has 1 amide bonds. The van der Waals surface area contributed by atoms with Gasteiger partial charge >= 0.3 is 5.69 Å². The first-order valence-corrected chi connectivity index (χ1v) is 14.1. The number of fused-ring (bicyclic) bond motifs is 1. The Bertz CT molecular complexity index is 1670. The molecular formula is C34H37N3O3. The summed E-state index contributed by atoms with van der Waals surface area (Å²) < 4.78 is 3.07. The number of para-hydroxylation sites is 1. The van der Waals surface area contributed by atoms with Gasteiger partial charge in [-0.2, -0.15) is 0 Å². The lowest BCUT2D eigenvalue weighted by atomic mass is 9.99. The molecule has 0 atom stereocenters. The Morgan fingerprint density at radius 1 is 0.850 bits per heavy atom. The summed E-state index contributed by atoms with van der Waals surface area (Å²) in [6, 6.07) is 21.9. The number of rotatable bonds is 8. The molecule has 0 bridgehead atoms. The Morgan fingerprint density at radius 3 is 2.25 bits per heavy atom. The Hall–Kier alpha value is -4.19. The van der Waals surface area contributed by atoms with E-state index in [-0.39, 0.29) is 17.2 Å². The van der Waals surface area contributed by atoms with Crippen LogP contribution in [0.15, 0.2) is 82.4 Å². The van der Waals surface area contributed by atoms with Crippen LogP contribution in [0, 0.1) is 20.8 Å². The Morgan fingerprint density at radius 2 is 1.55 bits per heavy atom. The van der Waals surface area contributed by atoms with Gasteiger partial charge in [-0.15, -0.1) is 0 Å². The second-order valence-electron chi connectivity index (χ2n) is 10.9. The quantitative estimate of drug-likeness (QED) is 0.275. The summed E-state index contributed by atoms with van der Waals surface area (Å²) in [7, 11) is 0. The number of aryl methyl sites for hydroxylation is 3. The highest BCUT2D eigenvalue weighted by Gasteiger charge is 2.18. The van der Waals surface area contributed by atoms with Gasteiger partial charge in [0.1, 0.15) is 0 Å². The van der Waals surface area contributed by atoms with Crippen molar-refractivity contribution in [2.45, 2.75) is 59.5 Å². The van der Waals surface area contributed by atoms with E-state index in [0.717, 1.165) is 23.1 Å². The number of hydrogen-bond donors (Lipinski definition) is 0. The van der Waals surface area contributed by atoms with Crippen LogP contribution < -0.4 is 11.2 Å². The fraction of sp³-hybridized carbons (Fsp3) is 0.324. The monoisotopic (exact) mass is 535 g/mol. The largest absolute Gasteiger partial charge is 0.339 e. The maximum atomic E-state index is 13.7. The summed E-state index contributed by atoms with van der Waals surface area (Å²) in [5.41, 5.74) is 7.13. The first-order valence-electron chi connectivity index (χ1n) is 14.1. The molecule has 0 aliphatic carbocycles. The molecule has 6 nitrogen and oxygen atoms in total. The SMILES string of the molecule is Cc1cc(C)c(Cn2c(=O)n(CCCCC(=O)N3CC=C(c4ccccc4)CC3)c(=O)c3ccccc32)c(C)c1. The van der Waals surface area contributed by atoms with E-state index in [1.165, 1.54) is 21.3 Å². The van der Waals surface area contributed by atoms with Crippen LogP contribution in [0.4, 0.5) is 0 Å². The standard InChI is InChI=1S/C34H37N3O3/c1-24-21-25(2)30(26(3)22-24)23-37-31-14-8-7-13-29(31)33(39)36(34(37)40)18-10-9-15-32(38)35-19-16-28(17-20-35)27-11-5-4-6-12-27/h4-8,11-14,16,21-22H,9-10,15,17-20,23H2,1-3H3. The number of aromatic nitrogens is 2. The number of unbranched alkanes of at least 4 members (excludes halogenated alkanes) is 1. The van der Waals surface area contributed by atoms with Crippen LogP contribution in [0.1, 0.15) is 53.5 Å². The van der Waals surface area contributed by atoms with Crippen molar-refractivity contribution in [3.8, 4) is 0 Å². The van der Waals surface area contributed by atoms with Crippen molar-refractivity contribution < 1.29 is 4.79 Å². The second kappa shape index (κ2) is 11.9. The van der Waals surface area contributed by atoms with Crippen LogP contribution in [-0.4, -0.2) is 33.0 Å².